The van der Waals surface area contributed by atoms with Crippen LogP contribution in [0.4, 0.5) is 19.1 Å². The van der Waals surface area contributed by atoms with Gasteiger partial charge in [0.1, 0.15) is 18.2 Å². The summed E-state index contributed by atoms with van der Waals surface area (Å²) in [7, 11) is 0. The van der Waals surface area contributed by atoms with Gasteiger partial charge in [-0.25, -0.2) is 17.9 Å². The van der Waals surface area contributed by atoms with Gasteiger partial charge in [0.15, 0.2) is 0 Å². The molecule has 3 atom stereocenters. The van der Waals surface area contributed by atoms with E-state index in [0.29, 0.717) is 24.5 Å². The van der Waals surface area contributed by atoms with Crippen LogP contribution in [0.25, 0.3) is 0 Å². The predicted molar refractivity (Wildman–Crippen MR) is 91.5 cm³/mol. The molecule has 3 heterocycles. The average Bonchev–Trinajstić information content (AvgIpc) is 3.11. The quantitative estimate of drug-likeness (QED) is 0.903. The first-order valence-electron chi connectivity index (χ1n) is 9.02. The molecule has 0 unspecified atom stereocenters. The maximum atomic E-state index is 13.9. The van der Waals surface area contributed by atoms with Crippen LogP contribution in [0.15, 0.2) is 30.6 Å². The molecule has 0 spiro atoms. The number of halogens is 3. The minimum Gasteiger partial charge on any atom is -0.351 e. The van der Waals surface area contributed by atoms with Crippen LogP contribution in [0.1, 0.15) is 30.9 Å². The van der Waals surface area contributed by atoms with Crippen molar-refractivity contribution in [2.24, 2.45) is 5.92 Å². The lowest BCUT2D eigenvalue weighted by Gasteiger charge is -2.40. The van der Waals surface area contributed by atoms with Crippen molar-refractivity contribution >= 4 is 5.95 Å². The number of anilines is 1. The summed E-state index contributed by atoms with van der Waals surface area (Å²) >= 11 is 0. The third kappa shape index (κ3) is 3.42. The lowest BCUT2D eigenvalue weighted by Crippen LogP contribution is -2.46. The Balaban J connectivity index is 1.46. The molecule has 1 fully saturated rings. The van der Waals surface area contributed by atoms with Crippen LogP contribution in [-0.4, -0.2) is 45.2 Å². The number of piperidine rings is 1. The van der Waals surface area contributed by atoms with Gasteiger partial charge >= 0.3 is 0 Å². The molecule has 1 saturated heterocycles. The number of hydrogen-bond acceptors (Lipinski definition) is 4. The second-order valence-electron chi connectivity index (χ2n) is 7.15. The zero-order valence-electron chi connectivity index (χ0n) is 14.4. The van der Waals surface area contributed by atoms with Crippen molar-refractivity contribution in [3.63, 3.8) is 0 Å². The number of rotatable bonds is 4. The third-order valence-corrected chi connectivity index (χ3v) is 5.45. The number of nitrogens with zero attached hydrogens (tertiary/aromatic N) is 4. The van der Waals surface area contributed by atoms with Crippen molar-refractivity contribution in [2.45, 2.75) is 44.3 Å². The number of alkyl halides is 2. The molecule has 0 radical (unpaired) electrons. The van der Waals surface area contributed by atoms with Gasteiger partial charge in [-0.1, -0.05) is 18.2 Å². The van der Waals surface area contributed by atoms with Gasteiger partial charge in [0, 0.05) is 24.7 Å². The number of nitrogens with one attached hydrogen (secondary N) is 1. The van der Waals surface area contributed by atoms with Crippen LogP contribution in [-0.2, 0) is 6.54 Å². The minimum atomic E-state index is -2.47. The van der Waals surface area contributed by atoms with Gasteiger partial charge < -0.3 is 5.32 Å². The van der Waals surface area contributed by atoms with E-state index in [1.807, 2.05) is 6.07 Å². The number of fused-ring (bicyclic) bond motifs is 1. The van der Waals surface area contributed by atoms with E-state index >= 15 is 0 Å². The van der Waals surface area contributed by atoms with E-state index in [0.717, 1.165) is 25.9 Å². The first-order valence-corrected chi connectivity index (χ1v) is 9.02. The highest BCUT2D eigenvalue weighted by Gasteiger charge is 2.38. The molecule has 8 heteroatoms. The van der Waals surface area contributed by atoms with Crippen LogP contribution in [0.5, 0.6) is 0 Å². The van der Waals surface area contributed by atoms with Crippen LogP contribution >= 0.6 is 0 Å². The Morgan fingerprint density at radius 2 is 2.12 bits per heavy atom. The van der Waals surface area contributed by atoms with E-state index in [2.05, 4.69) is 20.3 Å². The number of hydrogen-bond donors (Lipinski definition) is 1. The number of aromatic nitrogens is 3. The summed E-state index contributed by atoms with van der Waals surface area (Å²) in [5.74, 6) is 0.441. The van der Waals surface area contributed by atoms with Gasteiger partial charge in [0.2, 0.25) is 5.95 Å². The van der Waals surface area contributed by atoms with E-state index in [1.54, 1.807) is 12.1 Å². The maximum absolute atomic E-state index is 13.9. The molecule has 0 amide bonds. The Labute approximate surface area is 150 Å². The van der Waals surface area contributed by atoms with Crippen LogP contribution in [0.2, 0.25) is 0 Å². The first-order chi connectivity index (χ1) is 12.6. The maximum Gasteiger partial charge on any atom is 0.260 e. The zero-order valence-corrected chi connectivity index (χ0v) is 14.4. The molecule has 0 bridgehead atoms. The van der Waals surface area contributed by atoms with Crippen molar-refractivity contribution in [3.8, 4) is 0 Å². The van der Waals surface area contributed by atoms with Crippen molar-refractivity contribution in [3.05, 3.63) is 42.0 Å². The van der Waals surface area contributed by atoms with Crippen LogP contribution in [0, 0.1) is 11.7 Å². The van der Waals surface area contributed by atoms with E-state index in [9.17, 15) is 13.2 Å². The Hall–Kier alpha value is -2.09. The van der Waals surface area contributed by atoms with Gasteiger partial charge in [0.05, 0.1) is 0 Å². The monoisotopic (exact) mass is 365 g/mol. The molecule has 2 aliphatic heterocycles. The predicted octanol–water partition coefficient (Wildman–Crippen LogP) is 3.32. The molecule has 4 rings (SSSR count). The Kier molecular flexibility index (Phi) is 4.84. The fraction of sp³-hybridized carbons (Fsp3) is 0.556. The van der Waals surface area contributed by atoms with E-state index in [1.165, 1.54) is 17.1 Å². The van der Waals surface area contributed by atoms with Crippen LogP contribution in [0.3, 0.4) is 0 Å². The SMILES string of the molecule is Fc1ccccc1CN1CCC[C@H]([C@@H]2C[C@H](C(F)F)n3ncnc3N2)C1. The molecule has 26 heavy (non-hydrogen) atoms. The minimum absolute atomic E-state index is 0.0749. The Morgan fingerprint density at radius 1 is 1.27 bits per heavy atom. The smallest absolute Gasteiger partial charge is 0.260 e. The van der Waals surface area contributed by atoms with E-state index in [-0.39, 0.29) is 17.8 Å². The Morgan fingerprint density at radius 3 is 2.92 bits per heavy atom. The van der Waals surface area contributed by atoms with Crippen molar-refractivity contribution in [1.29, 1.82) is 0 Å². The standard InChI is InChI=1S/C18H22F3N5/c19-14-6-2-1-4-12(14)9-25-7-3-5-13(10-25)15-8-16(17(20)21)26-18(24-15)22-11-23-26/h1-2,4,6,11,13,15-17H,3,5,7-10H2,(H,22,23,24)/t13-,15-,16+/m0/s1. The molecular weight excluding hydrogens is 343 g/mol. The number of likely N-dealkylation sites (tertiary alicyclic amines) is 1. The highest BCUT2D eigenvalue weighted by molar-refractivity contribution is 5.29. The lowest BCUT2D eigenvalue weighted by molar-refractivity contribution is 0.0550. The van der Waals surface area contributed by atoms with Gasteiger partial charge in [0.25, 0.3) is 6.43 Å². The topological polar surface area (TPSA) is 46.0 Å². The fourth-order valence-corrected chi connectivity index (χ4v) is 4.13. The third-order valence-electron chi connectivity index (χ3n) is 5.45. The highest BCUT2D eigenvalue weighted by Crippen LogP contribution is 2.35. The van der Waals surface area contributed by atoms with Crippen molar-refractivity contribution < 1.29 is 13.2 Å². The summed E-state index contributed by atoms with van der Waals surface area (Å²) in [5.41, 5.74) is 0.676. The van der Waals surface area contributed by atoms with Crippen LogP contribution < -0.4 is 5.32 Å². The molecule has 140 valence electrons. The summed E-state index contributed by atoms with van der Waals surface area (Å²) in [6.07, 6.45) is 1.11. The van der Waals surface area contributed by atoms with Gasteiger partial charge in [-0.05, 0) is 37.8 Å². The molecule has 2 aliphatic rings. The highest BCUT2D eigenvalue weighted by atomic mass is 19.3. The largest absolute Gasteiger partial charge is 0.351 e. The second kappa shape index (κ2) is 7.26. The van der Waals surface area contributed by atoms with Gasteiger partial charge in [-0.3, -0.25) is 4.90 Å². The summed E-state index contributed by atoms with van der Waals surface area (Å²) in [4.78, 5) is 6.29. The molecule has 2 aromatic rings. The number of benzene rings is 1. The normalized spacial score (nSPS) is 26.5. The zero-order chi connectivity index (χ0) is 18.1. The summed E-state index contributed by atoms with van der Waals surface area (Å²) < 4.78 is 42.1. The fourth-order valence-electron chi connectivity index (χ4n) is 4.13. The van der Waals surface area contributed by atoms with Crippen molar-refractivity contribution in [2.75, 3.05) is 18.4 Å². The Bertz CT molecular complexity index is 750. The van der Waals surface area contributed by atoms with Gasteiger partial charge in [-0.2, -0.15) is 10.1 Å². The van der Waals surface area contributed by atoms with Crippen molar-refractivity contribution in [1.82, 2.24) is 19.7 Å². The first kappa shape index (κ1) is 17.3. The van der Waals surface area contributed by atoms with Gasteiger partial charge in [-0.15, -0.1) is 0 Å². The molecule has 5 nitrogen and oxygen atoms in total. The second-order valence-corrected chi connectivity index (χ2v) is 7.15. The summed E-state index contributed by atoms with van der Waals surface area (Å²) in [5, 5.41) is 7.21. The average molecular weight is 365 g/mol. The molecule has 1 aromatic heterocycles. The summed E-state index contributed by atoms with van der Waals surface area (Å²) in [6.45, 7) is 2.20. The van der Waals surface area contributed by atoms with E-state index < -0.39 is 12.5 Å². The molecule has 1 aromatic carbocycles. The lowest BCUT2D eigenvalue weighted by atomic mass is 9.86. The summed E-state index contributed by atoms with van der Waals surface area (Å²) in [6, 6.07) is 5.77. The van der Waals surface area contributed by atoms with E-state index in [4.69, 9.17) is 0 Å². The molecule has 0 saturated carbocycles. The molecular formula is C18H22F3N5. The molecule has 0 aliphatic carbocycles. The molecule has 1 N–H and O–H groups in total.